The summed E-state index contributed by atoms with van der Waals surface area (Å²) < 4.78 is 5.36. The van der Waals surface area contributed by atoms with Crippen LogP contribution >= 0.6 is 11.3 Å². The largest absolute Gasteiger partial charge is 0.480 e. The van der Waals surface area contributed by atoms with Gasteiger partial charge in [0.2, 0.25) is 5.88 Å². The molecule has 1 aliphatic carbocycles. The maximum atomic E-state index is 5.36. The number of nitrogens with zero attached hydrogens (tertiary/aromatic N) is 2. The Morgan fingerprint density at radius 1 is 1.35 bits per heavy atom. The summed E-state index contributed by atoms with van der Waals surface area (Å²) in [5.74, 6) is 0.604. The average Bonchev–Trinajstić information content (AvgIpc) is 3.06. The summed E-state index contributed by atoms with van der Waals surface area (Å²) in [7, 11) is 1.64. The number of aryl methyl sites for hydroxylation is 2. The molecule has 1 unspecified atom stereocenters. The van der Waals surface area contributed by atoms with E-state index in [1.54, 1.807) is 19.5 Å². The molecule has 2 heterocycles. The molecule has 1 aliphatic rings. The highest BCUT2D eigenvalue weighted by atomic mass is 32.1. The molecule has 106 valence electrons. The predicted octanol–water partition coefficient (Wildman–Crippen LogP) is 2.73. The molecule has 0 aromatic carbocycles. The van der Waals surface area contributed by atoms with Crippen LogP contribution in [-0.2, 0) is 12.8 Å². The molecule has 0 aliphatic heterocycles. The van der Waals surface area contributed by atoms with Crippen molar-refractivity contribution in [2.45, 2.75) is 32.2 Å². The van der Waals surface area contributed by atoms with Gasteiger partial charge >= 0.3 is 0 Å². The summed E-state index contributed by atoms with van der Waals surface area (Å²) in [6.45, 7) is 2.99. The van der Waals surface area contributed by atoms with Gasteiger partial charge in [-0.15, -0.1) is 11.3 Å². The topological polar surface area (TPSA) is 47.0 Å². The highest BCUT2D eigenvalue weighted by Crippen LogP contribution is 2.37. The molecule has 1 atom stereocenters. The van der Waals surface area contributed by atoms with Crippen LogP contribution in [0.5, 0.6) is 5.88 Å². The minimum atomic E-state index is 0.0687. The number of fused-ring (bicyclic) bond motifs is 1. The molecule has 0 amide bonds. The molecular weight excluding hydrogens is 270 g/mol. The zero-order valence-electron chi connectivity index (χ0n) is 11.8. The number of methoxy groups -OCH3 is 1. The van der Waals surface area contributed by atoms with Gasteiger partial charge < -0.3 is 10.1 Å². The molecular formula is C15H19N3OS. The molecule has 20 heavy (non-hydrogen) atoms. The predicted molar refractivity (Wildman–Crippen MR) is 80.4 cm³/mol. The highest BCUT2D eigenvalue weighted by molar-refractivity contribution is 7.12. The Balaban J connectivity index is 1.99. The van der Waals surface area contributed by atoms with Gasteiger partial charge in [0.15, 0.2) is 0 Å². The van der Waals surface area contributed by atoms with Crippen molar-refractivity contribution in [3.8, 4) is 5.88 Å². The summed E-state index contributed by atoms with van der Waals surface area (Å²) in [4.78, 5) is 11.6. The molecule has 5 heteroatoms. The second-order valence-electron chi connectivity index (χ2n) is 4.89. The van der Waals surface area contributed by atoms with Crippen LogP contribution in [0.4, 0.5) is 0 Å². The van der Waals surface area contributed by atoms with E-state index in [-0.39, 0.29) is 6.04 Å². The summed E-state index contributed by atoms with van der Waals surface area (Å²) >= 11 is 1.90. The summed E-state index contributed by atoms with van der Waals surface area (Å²) in [5, 5.41) is 3.51. The van der Waals surface area contributed by atoms with Crippen molar-refractivity contribution >= 4 is 11.3 Å². The molecule has 0 saturated heterocycles. The molecule has 3 rings (SSSR count). The first-order chi connectivity index (χ1) is 9.83. The second-order valence-corrected chi connectivity index (χ2v) is 6.06. The SMILES string of the molecule is CCNC(c1cc2c(s1)CCC2)c1nccnc1OC. The lowest BCUT2D eigenvalue weighted by Crippen LogP contribution is -2.23. The van der Waals surface area contributed by atoms with Gasteiger partial charge in [-0.3, -0.25) is 4.98 Å². The molecule has 4 nitrogen and oxygen atoms in total. The fraction of sp³-hybridized carbons (Fsp3) is 0.467. The van der Waals surface area contributed by atoms with Crippen molar-refractivity contribution in [1.29, 1.82) is 0 Å². The number of thiophene rings is 1. The zero-order valence-corrected chi connectivity index (χ0v) is 12.7. The van der Waals surface area contributed by atoms with Gasteiger partial charge in [0.25, 0.3) is 0 Å². The minimum absolute atomic E-state index is 0.0687. The van der Waals surface area contributed by atoms with Gasteiger partial charge in [-0.2, -0.15) is 0 Å². The quantitative estimate of drug-likeness (QED) is 0.919. The number of rotatable bonds is 5. The number of nitrogens with one attached hydrogen (secondary N) is 1. The van der Waals surface area contributed by atoms with Crippen molar-refractivity contribution in [2.75, 3.05) is 13.7 Å². The van der Waals surface area contributed by atoms with Crippen molar-refractivity contribution in [3.63, 3.8) is 0 Å². The second kappa shape index (κ2) is 5.89. The molecule has 2 aromatic rings. The fourth-order valence-electron chi connectivity index (χ4n) is 2.72. The van der Waals surface area contributed by atoms with Crippen LogP contribution < -0.4 is 10.1 Å². The van der Waals surface area contributed by atoms with E-state index in [1.165, 1.54) is 34.6 Å². The Kier molecular flexibility index (Phi) is 3.98. The van der Waals surface area contributed by atoms with Gasteiger partial charge in [0.05, 0.1) is 13.2 Å². The average molecular weight is 289 g/mol. The normalized spacial score (nSPS) is 15.1. The Morgan fingerprint density at radius 2 is 2.20 bits per heavy atom. The first-order valence-corrected chi connectivity index (χ1v) is 7.85. The molecule has 1 N–H and O–H groups in total. The van der Waals surface area contributed by atoms with Gasteiger partial charge in [-0.05, 0) is 37.4 Å². The van der Waals surface area contributed by atoms with Crippen LogP contribution in [0, 0.1) is 0 Å². The van der Waals surface area contributed by atoms with E-state index in [0.717, 1.165) is 12.2 Å². The summed E-state index contributed by atoms with van der Waals surface area (Å²) in [6, 6.07) is 2.40. The van der Waals surface area contributed by atoms with Crippen molar-refractivity contribution in [3.05, 3.63) is 39.5 Å². The van der Waals surface area contributed by atoms with Crippen LogP contribution in [0.1, 0.15) is 40.4 Å². The third kappa shape index (κ3) is 2.43. The molecule has 2 aromatic heterocycles. The van der Waals surface area contributed by atoms with E-state index < -0.39 is 0 Å². The number of aromatic nitrogens is 2. The van der Waals surface area contributed by atoms with Crippen LogP contribution in [-0.4, -0.2) is 23.6 Å². The van der Waals surface area contributed by atoms with Gasteiger partial charge in [0, 0.05) is 22.1 Å². The zero-order chi connectivity index (χ0) is 13.9. The fourth-order valence-corrected chi connectivity index (χ4v) is 4.06. The molecule has 0 fully saturated rings. The Labute approximate surface area is 123 Å². The number of hydrogen-bond donors (Lipinski definition) is 1. The number of hydrogen-bond acceptors (Lipinski definition) is 5. The standard InChI is InChI=1S/C15H19N3OS/c1-3-16-13(14-15(19-2)18-8-7-17-14)12-9-10-5-4-6-11(10)20-12/h7-9,13,16H,3-6H2,1-2H3. The van der Waals surface area contributed by atoms with Crippen molar-refractivity contribution < 1.29 is 4.74 Å². The monoisotopic (exact) mass is 289 g/mol. The molecule has 0 spiro atoms. The third-order valence-electron chi connectivity index (χ3n) is 3.62. The Bertz CT molecular complexity index is 575. The van der Waals surface area contributed by atoms with E-state index in [2.05, 4.69) is 28.3 Å². The van der Waals surface area contributed by atoms with Gasteiger partial charge in [-0.25, -0.2) is 4.98 Å². The van der Waals surface area contributed by atoms with Gasteiger partial charge in [-0.1, -0.05) is 6.92 Å². The van der Waals surface area contributed by atoms with E-state index in [1.807, 2.05) is 11.3 Å². The van der Waals surface area contributed by atoms with Crippen molar-refractivity contribution in [2.24, 2.45) is 0 Å². The first kappa shape index (κ1) is 13.5. The number of ether oxygens (including phenoxy) is 1. The minimum Gasteiger partial charge on any atom is -0.480 e. The van der Waals surface area contributed by atoms with Gasteiger partial charge in [0.1, 0.15) is 5.69 Å². The Hall–Kier alpha value is -1.46. The van der Waals surface area contributed by atoms with E-state index in [4.69, 9.17) is 4.74 Å². The lowest BCUT2D eigenvalue weighted by atomic mass is 10.1. The maximum absolute atomic E-state index is 5.36. The maximum Gasteiger partial charge on any atom is 0.237 e. The lowest BCUT2D eigenvalue weighted by molar-refractivity contribution is 0.383. The van der Waals surface area contributed by atoms with Crippen molar-refractivity contribution in [1.82, 2.24) is 15.3 Å². The Morgan fingerprint density at radius 3 is 2.95 bits per heavy atom. The van der Waals surface area contributed by atoms with Crippen LogP contribution in [0.3, 0.4) is 0 Å². The van der Waals surface area contributed by atoms with E-state index >= 15 is 0 Å². The molecule has 0 saturated carbocycles. The smallest absolute Gasteiger partial charge is 0.237 e. The molecule has 0 radical (unpaired) electrons. The molecule has 0 bridgehead atoms. The van der Waals surface area contributed by atoms with Crippen LogP contribution in [0.25, 0.3) is 0 Å². The highest BCUT2D eigenvalue weighted by Gasteiger charge is 2.24. The van der Waals surface area contributed by atoms with E-state index in [9.17, 15) is 0 Å². The van der Waals surface area contributed by atoms with E-state index in [0.29, 0.717) is 5.88 Å². The first-order valence-electron chi connectivity index (χ1n) is 7.03. The summed E-state index contributed by atoms with van der Waals surface area (Å²) in [6.07, 6.45) is 7.11. The van der Waals surface area contributed by atoms with Crippen LogP contribution in [0.15, 0.2) is 18.5 Å². The lowest BCUT2D eigenvalue weighted by Gasteiger charge is -2.17. The third-order valence-corrected chi connectivity index (χ3v) is 4.92. The summed E-state index contributed by atoms with van der Waals surface area (Å²) in [5.41, 5.74) is 2.38. The van der Waals surface area contributed by atoms with Crippen LogP contribution in [0.2, 0.25) is 0 Å².